The molecule has 3 aromatic rings. The molecule has 0 spiro atoms. The molecule has 9 nitrogen and oxygen atoms in total. The molecule has 0 atom stereocenters. The van der Waals surface area contributed by atoms with Crippen molar-refractivity contribution >= 4 is 29.4 Å². The predicted molar refractivity (Wildman–Crippen MR) is 169 cm³/mol. The molecule has 3 aromatic carbocycles. The van der Waals surface area contributed by atoms with Crippen molar-refractivity contribution in [2.24, 2.45) is 5.92 Å². The van der Waals surface area contributed by atoms with Gasteiger partial charge in [0.1, 0.15) is 6.61 Å². The van der Waals surface area contributed by atoms with Crippen LogP contribution in [0, 0.1) is 5.92 Å². The Morgan fingerprint density at radius 3 is 2.21 bits per heavy atom. The number of hydrogen-bond donors (Lipinski definition) is 2. The number of ether oxygens (including phenoxy) is 1. The van der Waals surface area contributed by atoms with Crippen LogP contribution in [0.15, 0.2) is 84.9 Å². The third kappa shape index (κ3) is 8.43. The van der Waals surface area contributed by atoms with Crippen molar-refractivity contribution in [2.75, 3.05) is 49.2 Å². The monoisotopic (exact) mass is 583 g/mol. The minimum absolute atomic E-state index is 0.137. The Kier molecular flexibility index (Phi) is 10.8. The van der Waals surface area contributed by atoms with Gasteiger partial charge in [-0.05, 0) is 61.9 Å². The van der Waals surface area contributed by atoms with Crippen molar-refractivity contribution < 1.29 is 19.1 Å². The lowest BCUT2D eigenvalue weighted by molar-refractivity contribution is -0.118. The molecule has 0 bridgehead atoms. The van der Waals surface area contributed by atoms with Crippen LogP contribution in [-0.2, 0) is 9.53 Å². The number of hydrazine groups is 1. The van der Waals surface area contributed by atoms with Crippen LogP contribution in [0.4, 0.5) is 21.0 Å². The summed E-state index contributed by atoms with van der Waals surface area (Å²) in [7, 11) is 0. The number of hydrogen-bond acceptors (Lipinski definition) is 6. The summed E-state index contributed by atoms with van der Waals surface area (Å²) >= 11 is 0. The maximum Gasteiger partial charge on any atom is 0.429 e. The Labute approximate surface area is 253 Å². The summed E-state index contributed by atoms with van der Waals surface area (Å²) in [6.45, 7) is 3.29. The van der Waals surface area contributed by atoms with Crippen LogP contribution in [0.5, 0.6) is 0 Å². The fourth-order valence-corrected chi connectivity index (χ4v) is 5.28. The summed E-state index contributed by atoms with van der Waals surface area (Å²) in [4.78, 5) is 41.3. The summed E-state index contributed by atoms with van der Waals surface area (Å²) in [5, 5.41) is 9.82. The van der Waals surface area contributed by atoms with Gasteiger partial charge < -0.3 is 15.4 Å². The molecule has 0 radical (unpaired) electrons. The lowest BCUT2D eigenvalue weighted by Gasteiger charge is -2.37. The van der Waals surface area contributed by atoms with Crippen molar-refractivity contribution in [1.29, 1.82) is 0 Å². The minimum atomic E-state index is -0.546. The van der Waals surface area contributed by atoms with Gasteiger partial charge in [-0.3, -0.25) is 4.79 Å². The predicted octanol–water partition coefficient (Wildman–Crippen LogP) is 5.83. The Morgan fingerprint density at radius 1 is 0.814 bits per heavy atom. The van der Waals surface area contributed by atoms with Crippen molar-refractivity contribution in [3.05, 3.63) is 84.9 Å². The highest BCUT2D eigenvalue weighted by molar-refractivity contribution is 6.14. The fourth-order valence-electron chi connectivity index (χ4n) is 5.28. The smallest absolute Gasteiger partial charge is 0.429 e. The Balaban J connectivity index is 1.25. The highest BCUT2D eigenvalue weighted by atomic mass is 16.6. The van der Waals surface area contributed by atoms with Gasteiger partial charge in [-0.1, -0.05) is 73.2 Å². The molecule has 0 aromatic heterocycles. The van der Waals surface area contributed by atoms with Gasteiger partial charge in [0.25, 0.3) is 0 Å². The summed E-state index contributed by atoms with van der Waals surface area (Å²) in [6, 6.07) is 26.0. The zero-order chi connectivity index (χ0) is 29.9. The molecule has 5 rings (SSSR count). The number of amides is 4. The standard InChI is InChI=1S/C34H41N5O4/c40-32(38(29-14-6-2-7-15-29)33(41)36-22-21-35-26-27-18-19-27)20-25-43-34(42)39(37-23-10-3-11-24-37)31-17-9-8-16-30(31)28-12-4-1-5-13-28/h1-2,4-9,12-17,27,35H,3,10-11,18-26H2,(H,36,41). The fraction of sp³-hybridized carbons (Fsp3) is 0.382. The second-order valence-electron chi connectivity index (χ2n) is 11.0. The molecule has 1 saturated heterocycles. The molecule has 9 heteroatoms. The topological polar surface area (TPSA) is 94.2 Å². The van der Waals surface area contributed by atoms with E-state index in [0.717, 1.165) is 66.5 Å². The molecule has 1 aliphatic heterocycles. The van der Waals surface area contributed by atoms with Crippen LogP contribution in [0.3, 0.4) is 0 Å². The van der Waals surface area contributed by atoms with Crippen LogP contribution in [0.25, 0.3) is 11.1 Å². The Bertz CT molecular complexity index is 1340. The SMILES string of the molecule is O=C(CCOC(=O)N(c1ccccc1-c1ccccc1)N1CCCCC1)N(C(=O)NCCNCC1CC1)c1ccccc1. The zero-order valence-electron chi connectivity index (χ0n) is 24.6. The average molecular weight is 584 g/mol. The largest absolute Gasteiger partial charge is 0.448 e. The van der Waals surface area contributed by atoms with Gasteiger partial charge in [0.05, 0.1) is 17.8 Å². The van der Waals surface area contributed by atoms with Crippen LogP contribution >= 0.6 is 0 Å². The van der Waals surface area contributed by atoms with E-state index in [1.165, 1.54) is 12.8 Å². The third-order valence-corrected chi connectivity index (χ3v) is 7.72. The lowest BCUT2D eigenvalue weighted by atomic mass is 10.0. The van der Waals surface area contributed by atoms with E-state index in [2.05, 4.69) is 10.6 Å². The molecule has 226 valence electrons. The van der Waals surface area contributed by atoms with Gasteiger partial charge in [0.15, 0.2) is 0 Å². The molecular formula is C34H41N5O4. The number of anilines is 2. The van der Waals surface area contributed by atoms with Gasteiger partial charge in [-0.2, -0.15) is 0 Å². The molecule has 2 N–H and O–H groups in total. The molecule has 43 heavy (non-hydrogen) atoms. The molecule has 0 unspecified atom stereocenters. The van der Waals surface area contributed by atoms with E-state index < -0.39 is 18.0 Å². The van der Waals surface area contributed by atoms with Gasteiger partial charge >= 0.3 is 12.1 Å². The first-order valence-corrected chi connectivity index (χ1v) is 15.3. The van der Waals surface area contributed by atoms with E-state index in [0.29, 0.717) is 18.8 Å². The van der Waals surface area contributed by atoms with Crippen LogP contribution < -0.4 is 20.5 Å². The first kappa shape index (κ1) is 30.3. The van der Waals surface area contributed by atoms with Gasteiger partial charge in [-0.15, -0.1) is 0 Å². The van der Waals surface area contributed by atoms with E-state index in [1.807, 2.05) is 65.7 Å². The number of carbonyl (C=O) groups excluding carboxylic acids is 3. The van der Waals surface area contributed by atoms with Crippen LogP contribution in [-0.4, -0.2) is 62.4 Å². The van der Waals surface area contributed by atoms with E-state index in [9.17, 15) is 14.4 Å². The number of piperidine rings is 1. The quantitative estimate of drug-likeness (QED) is 0.261. The minimum Gasteiger partial charge on any atom is -0.448 e. The zero-order valence-corrected chi connectivity index (χ0v) is 24.6. The third-order valence-electron chi connectivity index (χ3n) is 7.72. The second-order valence-corrected chi connectivity index (χ2v) is 11.0. The number of rotatable bonds is 12. The molecule has 2 fully saturated rings. The number of carbonyl (C=O) groups is 3. The Hall–Kier alpha value is -4.21. The molecule has 4 amide bonds. The van der Waals surface area contributed by atoms with Crippen LogP contribution in [0.1, 0.15) is 38.5 Å². The van der Waals surface area contributed by atoms with Gasteiger partial charge in [-0.25, -0.2) is 24.5 Å². The van der Waals surface area contributed by atoms with Crippen LogP contribution in [0.2, 0.25) is 0 Å². The highest BCUT2D eigenvalue weighted by Crippen LogP contribution is 2.33. The van der Waals surface area contributed by atoms with E-state index in [-0.39, 0.29) is 13.0 Å². The maximum absolute atomic E-state index is 13.7. The second kappa shape index (κ2) is 15.3. The number of para-hydroxylation sites is 2. The summed E-state index contributed by atoms with van der Waals surface area (Å²) < 4.78 is 5.74. The van der Waals surface area contributed by atoms with E-state index >= 15 is 0 Å². The first-order chi connectivity index (χ1) is 21.1. The maximum atomic E-state index is 13.7. The Morgan fingerprint density at radius 2 is 1.49 bits per heavy atom. The van der Waals surface area contributed by atoms with Gasteiger partial charge in [0.2, 0.25) is 5.91 Å². The first-order valence-electron chi connectivity index (χ1n) is 15.3. The number of nitrogens with zero attached hydrogens (tertiary/aromatic N) is 3. The van der Waals surface area contributed by atoms with Crippen molar-refractivity contribution in [2.45, 2.75) is 38.5 Å². The average Bonchev–Trinajstić information content (AvgIpc) is 3.87. The summed E-state index contributed by atoms with van der Waals surface area (Å²) in [6.07, 6.45) is 4.91. The van der Waals surface area contributed by atoms with E-state index in [4.69, 9.17) is 4.74 Å². The van der Waals surface area contributed by atoms with E-state index in [1.54, 1.807) is 29.3 Å². The number of benzene rings is 3. The number of urea groups is 1. The highest BCUT2D eigenvalue weighted by Gasteiger charge is 2.29. The summed E-state index contributed by atoms with van der Waals surface area (Å²) in [5.74, 6) is 0.301. The normalized spacial score (nSPS) is 15.0. The van der Waals surface area contributed by atoms with Crippen molar-refractivity contribution in [3.8, 4) is 11.1 Å². The summed E-state index contributed by atoms with van der Waals surface area (Å²) in [5.41, 5.74) is 3.11. The number of nitrogens with one attached hydrogen (secondary N) is 2. The van der Waals surface area contributed by atoms with Crippen molar-refractivity contribution in [1.82, 2.24) is 15.6 Å². The number of imide groups is 1. The van der Waals surface area contributed by atoms with Gasteiger partial charge in [0, 0.05) is 31.7 Å². The molecule has 1 heterocycles. The van der Waals surface area contributed by atoms with Crippen molar-refractivity contribution in [3.63, 3.8) is 0 Å². The molecule has 2 aliphatic rings. The molecular weight excluding hydrogens is 542 g/mol. The lowest BCUT2D eigenvalue weighted by Crippen LogP contribution is -2.50. The molecule has 1 saturated carbocycles. The molecule has 1 aliphatic carbocycles.